The Morgan fingerprint density at radius 3 is 2.31 bits per heavy atom. The Labute approximate surface area is 154 Å². The lowest BCUT2D eigenvalue weighted by molar-refractivity contribution is 0.841. The topological polar surface area (TPSA) is 25.8 Å². The van der Waals surface area contributed by atoms with Crippen molar-refractivity contribution in [2.75, 3.05) is 0 Å². The Balaban J connectivity index is 1.98. The fourth-order valence-electron chi connectivity index (χ4n) is 3.54. The quantitative estimate of drug-likeness (QED) is 0.388. The number of nitrogens with zero attached hydrogens (tertiary/aromatic N) is 2. The van der Waals surface area contributed by atoms with Crippen molar-refractivity contribution >= 4 is 21.7 Å². The Bertz CT molecular complexity index is 1090. The van der Waals surface area contributed by atoms with Gasteiger partial charge in [0.15, 0.2) is 0 Å². The molecule has 2 aromatic carbocycles. The standard InChI is InChI=1S/C24H24N2/c1-15(2)17-11-12-25-23(14-17)18-9-10-19-20-7-5-6-8-22(20)26-24(16(3)4)21(19)13-18/h5-16H,1-4H3. The van der Waals surface area contributed by atoms with Crippen molar-refractivity contribution in [3.05, 3.63) is 72.1 Å². The molecule has 0 saturated heterocycles. The summed E-state index contributed by atoms with van der Waals surface area (Å²) >= 11 is 0. The molecule has 0 saturated carbocycles. The largest absolute Gasteiger partial charge is 0.256 e. The number of pyridine rings is 2. The number of aromatic nitrogens is 2. The van der Waals surface area contributed by atoms with E-state index in [4.69, 9.17) is 4.98 Å². The van der Waals surface area contributed by atoms with Crippen LogP contribution >= 0.6 is 0 Å². The van der Waals surface area contributed by atoms with Crippen molar-refractivity contribution in [2.45, 2.75) is 39.5 Å². The van der Waals surface area contributed by atoms with Gasteiger partial charge in [-0.05, 0) is 47.1 Å². The van der Waals surface area contributed by atoms with Crippen molar-refractivity contribution in [2.24, 2.45) is 0 Å². The van der Waals surface area contributed by atoms with E-state index in [2.05, 4.69) is 87.3 Å². The van der Waals surface area contributed by atoms with Crippen LogP contribution in [0.2, 0.25) is 0 Å². The predicted molar refractivity (Wildman–Crippen MR) is 111 cm³/mol. The van der Waals surface area contributed by atoms with Gasteiger partial charge >= 0.3 is 0 Å². The van der Waals surface area contributed by atoms with Crippen LogP contribution in [0.25, 0.3) is 32.9 Å². The van der Waals surface area contributed by atoms with Gasteiger partial charge in [0, 0.05) is 22.5 Å². The predicted octanol–water partition coefficient (Wildman–Crippen LogP) is 6.70. The normalized spacial score (nSPS) is 11.8. The molecule has 0 amide bonds. The second-order valence-electron chi connectivity index (χ2n) is 7.56. The summed E-state index contributed by atoms with van der Waals surface area (Å²) in [5.74, 6) is 0.862. The summed E-state index contributed by atoms with van der Waals surface area (Å²) in [6.07, 6.45) is 1.91. The minimum absolute atomic E-state index is 0.368. The fourth-order valence-corrected chi connectivity index (χ4v) is 3.54. The molecule has 4 aromatic rings. The van der Waals surface area contributed by atoms with Crippen LogP contribution in [0, 0.1) is 0 Å². The maximum atomic E-state index is 4.96. The average Bonchev–Trinajstić information content (AvgIpc) is 2.66. The minimum Gasteiger partial charge on any atom is -0.256 e. The molecule has 0 atom stereocenters. The van der Waals surface area contributed by atoms with Crippen LogP contribution in [0.1, 0.15) is 50.8 Å². The molecule has 0 aliphatic carbocycles. The van der Waals surface area contributed by atoms with E-state index in [-0.39, 0.29) is 0 Å². The van der Waals surface area contributed by atoms with Crippen LogP contribution in [-0.2, 0) is 0 Å². The molecule has 0 spiro atoms. The lowest BCUT2D eigenvalue weighted by Gasteiger charge is -2.14. The number of benzene rings is 2. The van der Waals surface area contributed by atoms with Crippen molar-refractivity contribution in [3.63, 3.8) is 0 Å². The van der Waals surface area contributed by atoms with E-state index < -0.39 is 0 Å². The zero-order valence-corrected chi connectivity index (χ0v) is 15.8. The van der Waals surface area contributed by atoms with Gasteiger partial charge in [0.2, 0.25) is 0 Å². The molecule has 0 unspecified atom stereocenters. The smallest absolute Gasteiger partial charge is 0.0711 e. The molecular formula is C24H24N2. The van der Waals surface area contributed by atoms with Crippen molar-refractivity contribution in [1.82, 2.24) is 9.97 Å². The Morgan fingerprint density at radius 1 is 0.731 bits per heavy atom. The van der Waals surface area contributed by atoms with Gasteiger partial charge in [-0.1, -0.05) is 58.0 Å². The SMILES string of the molecule is CC(C)c1ccnc(-c2ccc3c(c2)c(C(C)C)nc2ccccc23)c1. The van der Waals surface area contributed by atoms with Gasteiger partial charge in [0.05, 0.1) is 16.9 Å². The van der Waals surface area contributed by atoms with Crippen molar-refractivity contribution in [1.29, 1.82) is 0 Å². The highest BCUT2D eigenvalue weighted by Crippen LogP contribution is 2.33. The van der Waals surface area contributed by atoms with Gasteiger partial charge in [0.1, 0.15) is 0 Å². The lowest BCUT2D eigenvalue weighted by Crippen LogP contribution is -1.97. The van der Waals surface area contributed by atoms with Gasteiger partial charge in [0.25, 0.3) is 0 Å². The van der Waals surface area contributed by atoms with E-state index in [1.807, 2.05) is 6.20 Å². The first-order chi connectivity index (χ1) is 12.5. The highest BCUT2D eigenvalue weighted by Gasteiger charge is 2.13. The van der Waals surface area contributed by atoms with Gasteiger partial charge in [-0.3, -0.25) is 9.97 Å². The minimum atomic E-state index is 0.368. The molecule has 2 heteroatoms. The van der Waals surface area contributed by atoms with Crippen LogP contribution in [0.3, 0.4) is 0 Å². The number of rotatable bonds is 3. The van der Waals surface area contributed by atoms with Gasteiger partial charge in [-0.25, -0.2) is 0 Å². The summed E-state index contributed by atoms with van der Waals surface area (Å²) in [6, 6.07) is 19.4. The summed E-state index contributed by atoms with van der Waals surface area (Å²) in [7, 11) is 0. The molecule has 26 heavy (non-hydrogen) atoms. The Hall–Kier alpha value is -2.74. The van der Waals surface area contributed by atoms with Crippen LogP contribution < -0.4 is 0 Å². The molecule has 2 aromatic heterocycles. The molecular weight excluding hydrogens is 316 g/mol. The number of hydrogen-bond donors (Lipinski definition) is 0. The summed E-state index contributed by atoms with van der Waals surface area (Å²) in [4.78, 5) is 9.58. The van der Waals surface area contributed by atoms with Gasteiger partial charge < -0.3 is 0 Å². The summed E-state index contributed by atoms with van der Waals surface area (Å²) < 4.78 is 0. The third kappa shape index (κ3) is 2.86. The first-order valence-electron chi connectivity index (χ1n) is 9.33. The van der Waals surface area contributed by atoms with E-state index in [0.717, 1.165) is 22.5 Å². The zero-order chi connectivity index (χ0) is 18.3. The number of hydrogen-bond acceptors (Lipinski definition) is 2. The van der Waals surface area contributed by atoms with Crippen LogP contribution in [0.15, 0.2) is 60.8 Å². The van der Waals surface area contributed by atoms with Gasteiger partial charge in [-0.15, -0.1) is 0 Å². The van der Waals surface area contributed by atoms with E-state index in [1.54, 1.807) is 0 Å². The third-order valence-electron chi connectivity index (χ3n) is 5.02. The van der Waals surface area contributed by atoms with Crippen LogP contribution in [-0.4, -0.2) is 9.97 Å². The van der Waals surface area contributed by atoms with Crippen molar-refractivity contribution in [3.8, 4) is 11.3 Å². The molecule has 2 nitrogen and oxygen atoms in total. The number of para-hydroxylation sites is 1. The zero-order valence-electron chi connectivity index (χ0n) is 15.8. The molecule has 2 heterocycles. The second-order valence-corrected chi connectivity index (χ2v) is 7.56. The molecule has 0 bridgehead atoms. The highest BCUT2D eigenvalue weighted by molar-refractivity contribution is 6.07. The van der Waals surface area contributed by atoms with Crippen LogP contribution in [0.4, 0.5) is 0 Å². The molecule has 0 aliphatic rings. The maximum absolute atomic E-state index is 4.96. The first-order valence-corrected chi connectivity index (χ1v) is 9.33. The van der Waals surface area contributed by atoms with E-state index in [9.17, 15) is 0 Å². The fraction of sp³-hybridized carbons (Fsp3) is 0.250. The summed E-state index contributed by atoms with van der Waals surface area (Å²) in [6.45, 7) is 8.85. The van der Waals surface area contributed by atoms with Gasteiger partial charge in [-0.2, -0.15) is 0 Å². The number of fused-ring (bicyclic) bond motifs is 3. The molecule has 0 aliphatic heterocycles. The highest BCUT2D eigenvalue weighted by atomic mass is 14.7. The third-order valence-corrected chi connectivity index (χ3v) is 5.02. The Morgan fingerprint density at radius 2 is 1.54 bits per heavy atom. The molecule has 0 fully saturated rings. The summed E-state index contributed by atoms with van der Waals surface area (Å²) in [5.41, 5.74) is 5.72. The molecule has 130 valence electrons. The molecule has 0 radical (unpaired) electrons. The summed E-state index contributed by atoms with van der Waals surface area (Å²) in [5, 5.41) is 3.71. The Kier molecular flexibility index (Phi) is 4.20. The van der Waals surface area contributed by atoms with Crippen molar-refractivity contribution < 1.29 is 0 Å². The second kappa shape index (κ2) is 6.53. The monoisotopic (exact) mass is 340 g/mol. The lowest BCUT2D eigenvalue weighted by atomic mass is 9.95. The van der Waals surface area contributed by atoms with Crippen LogP contribution in [0.5, 0.6) is 0 Å². The molecule has 0 N–H and O–H groups in total. The maximum Gasteiger partial charge on any atom is 0.0711 e. The average molecular weight is 340 g/mol. The first kappa shape index (κ1) is 16.7. The van der Waals surface area contributed by atoms with E-state index in [0.29, 0.717) is 11.8 Å². The van der Waals surface area contributed by atoms with E-state index >= 15 is 0 Å². The molecule has 4 rings (SSSR count). The van der Waals surface area contributed by atoms with E-state index in [1.165, 1.54) is 21.7 Å².